The third-order valence-electron chi connectivity index (χ3n) is 2.89. The summed E-state index contributed by atoms with van der Waals surface area (Å²) in [6.45, 7) is 4.98. The summed E-state index contributed by atoms with van der Waals surface area (Å²) in [6, 6.07) is 0.243. The third-order valence-corrected chi connectivity index (χ3v) is 2.89. The molecule has 0 bridgehead atoms. The fraction of sp³-hybridized carbons (Fsp3) is 0.889. The van der Waals surface area contributed by atoms with Crippen molar-refractivity contribution in [2.24, 2.45) is 5.92 Å². The SMILES string of the molecule is CC(C)[C@@H]1NC(=O)[C@]12CCCO2. The molecule has 3 heteroatoms. The zero-order valence-corrected chi connectivity index (χ0v) is 7.59. The van der Waals surface area contributed by atoms with Gasteiger partial charge in [-0.3, -0.25) is 4.79 Å². The largest absolute Gasteiger partial charge is 0.363 e. The average molecular weight is 169 g/mol. The fourth-order valence-corrected chi connectivity index (χ4v) is 2.23. The molecule has 0 aromatic heterocycles. The van der Waals surface area contributed by atoms with Gasteiger partial charge >= 0.3 is 0 Å². The monoisotopic (exact) mass is 169 g/mol. The van der Waals surface area contributed by atoms with Crippen LogP contribution >= 0.6 is 0 Å². The number of ether oxygens (including phenoxy) is 1. The van der Waals surface area contributed by atoms with Gasteiger partial charge in [-0.1, -0.05) is 13.8 Å². The zero-order valence-electron chi connectivity index (χ0n) is 7.59. The second-order valence-electron chi connectivity index (χ2n) is 4.04. The van der Waals surface area contributed by atoms with Crippen LogP contribution in [0.4, 0.5) is 0 Å². The molecular formula is C9H15NO2. The molecule has 2 heterocycles. The second kappa shape index (κ2) is 2.46. The third kappa shape index (κ3) is 0.829. The Labute approximate surface area is 72.5 Å². The van der Waals surface area contributed by atoms with Crippen molar-refractivity contribution in [3.8, 4) is 0 Å². The van der Waals surface area contributed by atoms with E-state index in [0.29, 0.717) is 5.92 Å². The van der Waals surface area contributed by atoms with Crippen LogP contribution in [0.25, 0.3) is 0 Å². The minimum absolute atomic E-state index is 0.0960. The Balaban J connectivity index is 2.15. The summed E-state index contributed by atoms with van der Waals surface area (Å²) in [5, 5.41) is 2.91. The van der Waals surface area contributed by atoms with E-state index in [1.165, 1.54) is 0 Å². The Bertz CT molecular complexity index is 207. The van der Waals surface area contributed by atoms with Crippen LogP contribution in [0.5, 0.6) is 0 Å². The molecule has 2 atom stereocenters. The van der Waals surface area contributed by atoms with Crippen LogP contribution in [-0.2, 0) is 9.53 Å². The molecule has 2 rings (SSSR count). The normalized spacial score (nSPS) is 40.2. The molecule has 2 aliphatic rings. The van der Waals surface area contributed by atoms with Gasteiger partial charge in [0, 0.05) is 6.61 Å². The average Bonchev–Trinajstić information content (AvgIpc) is 2.49. The summed E-state index contributed by atoms with van der Waals surface area (Å²) in [4.78, 5) is 11.3. The first-order chi connectivity index (χ1) is 5.67. The van der Waals surface area contributed by atoms with Crippen molar-refractivity contribution in [3.05, 3.63) is 0 Å². The first-order valence-electron chi connectivity index (χ1n) is 4.62. The number of nitrogens with one attached hydrogen (secondary N) is 1. The molecule has 68 valence electrons. The summed E-state index contributed by atoms with van der Waals surface area (Å²) in [6.07, 6.45) is 1.93. The number of β-lactam (4-membered cyclic amide) rings is 1. The summed E-state index contributed by atoms with van der Waals surface area (Å²) in [7, 11) is 0. The maximum Gasteiger partial charge on any atom is 0.254 e. The molecule has 1 spiro atoms. The van der Waals surface area contributed by atoms with Crippen LogP contribution in [0.1, 0.15) is 26.7 Å². The maximum absolute atomic E-state index is 11.3. The van der Waals surface area contributed by atoms with E-state index in [-0.39, 0.29) is 11.9 Å². The molecule has 1 N–H and O–H groups in total. The Morgan fingerprint density at radius 2 is 2.42 bits per heavy atom. The molecule has 0 unspecified atom stereocenters. The van der Waals surface area contributed by atoms with E-state index < -0.39 is 5.60 Å². The molecule has 2 aliphatic heterocycles. The molecule has 0 aromatic carbocycles. The smallest absolute Gasteiger partial charge is 0.254 e. The van der Waals surface area contributed by atoms with Gasteiger partial charge in [0.15, 0.2) is 5.60 Å². The summed E-state index contributed by atoms with van der Waals surface area (Å²) in [5.41, 5.74) is -0.436. The van der Waals surface area contributed by atoms with Gasteiger partial charge in [-0.2, -0.15) is 0 Å². The van der Waals surface area contributed by atoms with E-state index in [4.69, 9.17) is 4.74 Å². The quantitative estimate of drug-likeness (QED) is 0.586. The Morgan fingerprint density at radius 3 is 2.83 bits per heavy atom. The lowest BCUT2D eigenvalue weighted by atomic mass is 9.76. The lowest BCUT2D eigenvalue weighted by Gasteiger charge is -2.47. The van der Waals surface area contributed by atoms with Gasteiger partial charge in [0.25, 0.3) is 5.91 Å². The first-order valence-corrected chi connectivity index (χ1v) is 4.62. The molecule has 12 heavy (non-hydrogen) atoms. The van der Waals surface area contributed by atoms with Crippen LogP contribution in [0, 0.1) is 5.92 Å². The van der Waals surface area contributed by atoms with Gasteiger partial charge in [-0.25, -0.2) is 0 Å². The highest BCUT2D eigenvalue weighted by atomic mass is 16.5. The topological polar surface area (TPSA) is 38.3 Å². The highest BCUT2D eigenvalue weighted by molar-refractivity contribution is 5.93. The molecule has 0 radical (unpaired) electrons. The highest BCUT2D eigenvalue weighted by Gasteiger charge is 2.58. The van der Waals surface area contributed by atoms with Crippen LogP contribution in [0.15, 0.2) is 0 Å². The Kier molecular flexibility index (Phi) is 1.65. The lowest BCUT2D eigenvalue weighted by Crippen LogP contribution is -2.73. The van der Waals surface area contributed by atoms with Gasteiger partial charge in [0.2, 0.25) is 0 Å². The Morgan fingerprint density at radius 1 is 1.67 bits per heavy atom. The number of carbonyl (C=O) groups is 1. The van der Waals surface area contributed by atoms with Crippen LogP contribution in [0.2, 0.25) is 0 Å². The standard InChI is InChI=1S/C9H15NO2/c1-6(2)7-9(8(11)10-7)4-3-5-12-9/h6-7H,3-5H2,1-2H3,(H,10,11)/t7-,9-/m0/s1. The minimum atomic E-state index is -0.436. The van der Waals surface area contributed by atoms with Crippen molar-refractivity contribution in [2.45, 2.75) is 38.3 Å². The number of amides is 1. The van der Waals surface area contributed by atoms with E-state index in [1.807, 2.05) is 0 Å². The van der Waals surface area contributed by atoms with Crippen LogP contribution in [0.3, 0.4) is 0 Å². The minimum Gasteiger partial charge on any atom is -0.363 e. The van der Waals surface area contributed by atoms with Gasteiger partial charge in [-0.15, -0.1) is 0 Å². The molecule has 0 aliphatic carbocycles. The van der Waals surface area contributed by atoms with Crippen molar-refractivity contribution in [1.29, 1.82) is 0 Å². The van der Waals surface area contributed by atoms with Crippen molar-refractivity contribution in [3.63, 3.8) is 0 Å². The predicted octanol–water partition coefficient (Wildman–Crippen LogP) is 0.690. The fourth-order valence-electron chi connectivity index (χ4n) is 2.23. The molecule has 0 aromatic rings. The summed E-state index contributed by atoms with van der Waals surface area (Å²) < 4.78 is 5.55. The summed E-state index contributed by atoms with van der Waals surface area (Å²) >= 11 is 0. The van der Waals surface area contributed by atoms with E-state index >= 15 is 0 Å². The number of rotatable bonds is 1. The van der Waals surface area contributed by atoms with E-state index in [9.17, 15) is 4.79 Å². The first kappa shape index (κ1) is 8.05. The highest BCUT2D eigenvalue weighted by Crippen LogP contribution is 2.38. The molecular weight excluding hydrogens is 154 g/mol. The van der Waals surface area contributed by atoms with Gasteiger partial charge in [-0.05, 0) is 18.8 Å². The summed E-state index contributed by atoms with van der Waals surface area (Å²) in [5.74, 6) is 0.569. The van der Waals surface area contributed by atoms with Gasteiger partial charge in [0.05, 0.1) is 6.04 Å². The van der Waals surface area contributed by atoms with Crippen LogP contribution < -0.4 is 5.32 Å². The molecule has 0 saturated carbocycles. The van der Waals surface area contributed by atoms with Gasteiger partial charge in [0.1, 0.15) is 0 Å². The molecule has 2 saturated heterocycles. The maximum atomic E-state index is 11.3. The van der Waals surface area contributed by atoms with E-state index in [1.54, 1.807) is 0 Å². The number of hydrogen-bond donors (Lipinski definition) is 1. The predicted molar refractivity (Wildman–Crippen MR) is 44.7 cm³/mol. The van der Waals surface area contributed by atoms with Crippen molar-refractivity contribution >= 4 is 5.91 Å². The second-order valence-corrected chi connectivity index (χ2v) is 4.04. The van der Waals surface area contributed by atoms with Crippen molar-refractivity contribution in [1.82, 2.24) is 5.32 Å². The Hall–Kier alpha value is -0.570. The number of carbonyl (C=O) groups excluding carboxylic acids is 1. The van der Waals surface area contributed by atoms with Crippen molar-refractivity contribution in [2.75, 3.05) is 6.61 Å². The van der Waals surface area contributed by atoms with E-state index in [0.717, 1.165) is 19.4 Å². The van der Waals surface area contributed by atoms with Gasteiger partial charge < -0.3 is 10.1 Å². The molecule has 1 amide bonds. The molecule has 3 nitrogen and oxygen atoms in total. The lowest BCUT2D eigenvalue weighted by molar-refractivity contribution is -0.166. The number of hydrogen-bond acceptors (Lipinski definition) is 2. The zero-order chi connectivity index (χ0) is 8.77. The van der Waals surface area contributed by atoms with E-state index in [2.05, 4.69) is 19.2 Å². The van der Waals surface area contributed by atoms with Crippen LogP contribution in [-0.4, -0.2) is 24.2 Å². The van der Waals surface area contributed by atoms with Crippen molar-refractivity contribution < 1.29 is 9.53 Å². The molecule has 2 fully saturated rings.